The minimum absolute atomic E-state index is 0.0595. The molecule has 1 aromatic rings. The molecule has 6 nitrogen and oxygen atoms in total. The first kappa shape index (κ1) is 51.0. The summed E-state index contributed by atoms with van der Waals surface area (Å²) in [4.78, 5) is 0. The molecule has 7 heteroatoms. The number of benzene rings is 1. The molecule has 0 heterocycles. The highest BCUT2D eigenvalue weighted by Gasteiger charge is 2.65. The molecule has 3 aliphatic rings. The van der Waals surface area contributed by atoms with Gasteiger partial charge < -0.3 is 32.3 Å². The van der Waals surface area contributed by atoms with Gasteiger partial charge in [-0.25, -0.2) is 0 Å². The maximum absolute atomic E-state index is 6.87. The topological polar surface area (TPSA) is 86.2 Å². The highest BCUT2D eigenvalue weighted by atomic mass is 32.2. The largest absolute Gasteiger partial charge is 0.388 e. The van der Waals surface area contributed by atoms with Gasteiger partial charge in [-0.3, -0.25) is 0 Å². The average molecular weight is 857 g/mol. The van der Waals surface area contributed by atoms with Crippen molar-refractivity contribution >= 4 is 11.8 Å². The summed E-state index contributed by atoms with van der Waals surface area (Å²) in [6, 6.07) is 5.66. The lowest BCUT2D eigenvalue weighted by Crippen LogP contribution is -2.53. The van der Waals surface area contributed by atoms with Crippen LogP contribution in [0.25, 0.3) is 0 Å². The van der Waals surface area contributed by atoms with Gasteiger partial charge in [0.05, 0.1) is 0 Å². The van der Waals surface area contributed by atoms with Crippen LogP contribution in [0.5, 0.6) is 0 Å². The maximum Gasteiger partial charge on any atom is 0.0432 e. The van der Waals surface area contributed by atoms with Crippen molar-refractivity contribution in [1.82, 2.24) is 26.6 Å². The summed E-state index contributed by atoms with van der Waals surface area (Å²) in [5, 5.41) is 18.5. The zero-order valence-electron chi connectivity index (χ0n) is 42.3. The third-order valence-corrected chi connectivity index (χ3v) is 18.6. The first-order chi connectivity index (χ1) is 27.9. The Labute approximate surface area is 380 Å². The van der Waals surface area contributed by atoms with Crippen molar-refractivity contribution in [2.75, 3.05) is 38.7 Å². The lowest BCUT2D eigenvalue weighted by Gasteiger charge is -2.52. The van der Waals surface area contributed by atoms with Crippen molar-refractivity contribution in [3.63, 3.8) is 0 Å². The van der Waals surface area contributed by atoms with Gasteiger partial charge >= 0.3 is 0 Å². The number of hydrogen-bond donors (Lipinski definition) is 6. The van der Waals surface area contributed by atoms with Gasteiger partial charge in [0.2, 0.25) is 0 Å². The third kappa shape index (κ3) is 9.19. The van der Waals surface area contributed by atoms with Crippen LogP contribution in [0, 0.1) is 33.5 Å². The Morgan fingerprint density at radius 1 is 0.934 bits per heavy atom. The van der Waals surface area contributed by atoms with Gasteiger partial charge in [-0.05, 0) is 117 Å². The molecule has 0 radical (unpaired) electrons. The molecule has 1 aromatic carbocycles. The fourth-order valence-corrected chi connectivity index (χ4v) is 11.3. The molecule has 3 aliphatic carbocycles. The summed E-state index contributed by atoms with van der Waals surface area (Å²) in [5.74, 6) is 2.27. The predicted octanol–water partition coefficient (Wildman–Crippen LogP) is 11.2. The van der Waals surface area contributed by atoms with Crippen LogP contribution < -0.4 is 32.3 Å². The number of nitrogens with one attached hydrogen (secondary N) is 5. The number of nitrogens with two attached hydrogens (primary N) is 1. The summed E-state index contributed by atoms with van der Waals surface area (Å²) in [5.41, 5.74) is 15.1. The molecule has 61 heavy (non-hydrogen) atoms. The van der Waals surface area contributed by atoms with Crippen LogP contribution in [0.2, 0.25) is 0 Å². The summed E-state index contributed by atoms with van der Waals surface area (Å²) in [7, 11) is 2.02. The molecule has 0 amide bonds. The van der Waals surface area contributed by atoms with E-state index in [9.17, 15) is 0 Å². The molecule has 0 aliphatic heterocycles. The second-order valence-corrected chi connectivity index (χ2v) is 24.1. The standard InChI is InChI=1S/C54H92N6S/c1-23-57-46(49(14,15)55)26-35(3)47(10,11)44-28-43-42(27-45(44)53(19)32-52(53,18)41(9)60-33-50(16)30-36(50)4)34(2)29-51(17,40(8)58-24-25-61-22)38(6)54(43,20)48(12,13)39(7)59-31-37(5)56-21/h23,27-28,34-37,46,56-60H,1,6-9,24-26,29-33,55H2,2-5,10-22H3. The van der Waals surface area contributed by atoms with Gasteiger partial charge in [0.1, 0.15) is 0 Å². The van der Waals surface area contributed by atoms with E-state index >= 15 is 0 Å². The highest BCUT2D eigenvalue weighted by Crippen LogP contribution is 2.70. The molecule has 10 unspecified atom stereocenters. The van der Waals surface area contributed by atoms with E-state index in [2.05, 4.69) is 155 Å². The van der Waals surface area contributed by atoms with Gasteiger partial charge in [0.15, 0.2) is 0 Å². The van der Waals surface area contributed by atoms with Crippen molar-refractivity contribution in [3.8, 4) is 0 Å². The first-order valence-corrected chi connectivity index (χ1v) is 24.8. The van der Waals surface area contributed by atoms with Gasteiger partial charge in [-0.2, -0.15) is 11.8 Å². The lowest BCUT2D eigenvalue weighted by molar-refractivity contribution is 0.216. The molecule has 2 fully saturated rings. The molecule has 0 saturated heterocycles. The van der Waals surface area contributed by atoms with E-state index in [0.717, 1.165) is 62.0 Å². The Morgan fingerprint density at radius 2 is 1.54 bits per heavy atom. The number of likely N-dealkylation sites (N-methyl/N-ethyl adjacent to an activating group) is 1. The second kappa shape index (κ2) is 17.8. The van der Waals surface area contributed by atoms with Crippen LogP contribution in [0.1, 0.15) is 158 Å². The highest BCUT2D eigenvalue weighted by molar-refractivity contribution is 7.98. The van der Waals surface area contributed by atoms with Crippen LogP contribution in [-0.4, -0.2) is 56.3 Å². The third-order valence-electron chi connectivity index (χ3n) is 18.0. The number of fused-ring (bicyclic) bond motifs is 1. The van der Waals surface area contributed by atoms with Crippen molar-refractivity contribution in [2.24, 2.45) is 39.2 Å². The number of thioether (sulfide) groups is 1. The second-order valence-electron chi connectivity index (χ2n) is 23.1. The average Bonchev–Trinajstić information content (AvgIpc) is 4.02. The minimum atomic E-state index is -0.535. The van der Waals surface area contributed by atoms with Crippen LogP contribution in [0.4, 0.5) is 0 Å². The van der Waals surface area contributed by atoms with Crippen LogP contribution in [0.15, 0.2) is 73.9 Å². The molecule has 344 valence electrons. The van der Waals surface area contributed by atoms with Gasteiger partial charge in [0, 0.05) is 87.2 Å². The van der Waals surface area contributed by atoms with E-state index in [1.165, 1.54) is 39.9 Å². The Bertz CT molecular complexity index is 1840. The van der Waals surface area contributed by atoms with Crippen molar-refractivity contribution in [2.45, 2.75) is 169 Å². The minimum Gasteiger partial charge on any atom is -0.388 e. The molecule has 4 rings (SSSR count). The Balaban J connectivity index is 2.05. The van der Waals surface area contributed by atoms with E-state index in [4.69, 9.17) is 32.0 Å². The van der Waals surface area contributed by atoms with Crippen LogP contribution in [0.3, 0.4) is 0 Å². The number of allylic oxidation sites excluding steroid dienone is 3. The SMILES string of the molecule is C=CNC(CC(C)C(C)(C)c1cc2c(cc1C1(C)CC1(C)C(=C)NCC1(C)CC1C)C(C)CC(C)(C(=C)NCCSC)C(=C)C2(C)C(C)(C)C(=C)NCC(C)NC)C(C)(C)N. The summed E-state index contributed by atoms with van der Waals surface area (Å²) in [6.07, 6.45) is 8.10. The van der Waals surface area contributed by atoms with Gasteiger partial charge in [-0.1, -0.05) is 134 Å². The molecular formula is C54H92N6S. The van der Waals surface area contributed by atoms with Crippen LogP contribution >= 0.6 is 11.8 Å². The smallest absolute Gasteiger partial charge is 0.0432 e. The lowest BCUT2D eigenvalue weighted by atomic mass is 9.52. The van der Waals surface area contributed by atoms with Gasteiger partial charge in [0.25, 0.3) is 0 Å². The van der Waals surface area contributed by atoms with Crippen molar-refractivity contribution in [1.29, 1.82) is 0 Å². The zero-order valence-corrected chi connectivity index (χ0v) is 43.1. The van der Waals surface area contributed by atoms with E-state index in [0.29, 0.717) is 11.5 Å². The maximum atomic E-state index is 6.87. The van der Waals surface area contributed by atoms with E-state index in [1.54, 1.807) is 0 Å². The summed E-state index contributed by atoms with van der Waals surface area (Å²) in [6.45, 7) is 61.9. The van der Waals surface area contributed by atoms with Crippen molar-refractivity contribution in [3.05, 3.63) is 96.1 Å². The van der Waals surface area contributed by atoms with E-state index in [-0.39, 0.29) is 34.1 Å². The summed E-state index contributed by atoms with van der Waals surface area (Å²) >= 11 is 1.86. The zero-order chi connectivity index (χ0) is 46.5. The predicted molar refractivity (Wildman–Crippen MR) is 270 cm³/mol. The summed E-state index contributed by atoms with van der Waals surface area (Å²) < 4.78 is 0. The number of rotatable bonds is 23. The fourth-order valence-electron chi connectivity index (χ4n) is 11.0. The molecule has 0 aromatic heterocycles. The van der Waals surface area contributed by atoms with Gasteiger partial charge in [-0.15, -0.1) is 0 Å². The normalized spacial score (nSPS) is 31.5. The Kier molecular flexibility index (Phi) is 14.9. The molecule has 0 spiro atoms. The number of hydrogen-bond acceptors (Lipinski definition) is 7. The molecule has 7 N–H and O–H groups in total. The Morgan fingerprint density at radius 3 is 2.07 bits per heavy atom. The molecule has 2 saturated carbocycles. The van der Waals surface area contributed by atoms with Crippen LogP contribution in [-0.2, 0) is 16.2 Å². The molecular weight excluding hydrogens is 765 g/mol. The quantitative estimate of drug-likeness (QED) is 0.0371. The molecule has 0 bridgehead atoms. The fraction of sp³-hybridized carbons (Fsp3) is 0.704. The van der Waals surface area contributed by atoms with E-state index in [1.807, 2.05) is 25.0 Å². The van der Waals surface area contributed by atoms with Crippen molar-refractivity contribution < 1.29 is 0 Å². The monoisotopic (exact) mass is 857 g/mol. The Hall–Kier alpha value is -2.61. The van der Waals surface area contributed by atoms with E-state index < -0.39 is 21.8 Å². The molecule has 10 atom stereocenters. The first-order valence-electron chi connectivity index (χ1n) is 23.4.